The Balaban J connectivity index is 0. The predicted octanol–water partition coefficient (Wildman–Crippen LogP) is 4.06. The molecule has 4 nitrogen and oxygen atoms in total. The molecule has 0 aliphatic rings. The van der Waals surface area contributed by atoms with Gasteiger partial charge < -0.3 is 9.40 Å². The summed E-state index contributed by atoms with van der Waals surface area (Å²) >= 11 is 0. The lowest BCUT2D eigenvalue weighted by Gasteiger charge is -1.74. The molecule has 1 N–H and O–H groups in total. The Labute approximate surface area is 105 Å². The average Bonchev–Trinajstić information content (AvgIpc) is 2.97. The maximum absolute atomic E-state index is 4.72. The number of hydrogen-bond donors (Lipinski definition) is 1. The minimum atomic E-state index is 0.718. The van der Waals surface area contributed by atoms with Crippen molar-refractivity contribution in [1.82, 2.24) is 15.0 Å². The number of rotatable bonds is 0. The van der Waals surface area contributed by atoms with Gasteiger partial charge in [0.2, 0.25) is 0 Å². The zero-order chi connectivity index (χ0) is 13.7. The molecule has 0 atom stereocenters. The van der Waals surface area contributed by atoms with Gasteiger partial charge in [-0.05, 0) is 13.8 Å². The fourth-order valence-corrected chi connectivity index (χ4v) is 0.838. The summed E-state index contributed by atoms with van der Waals surface area (Å²) in [5.41, 5.74) is 1.12. The standard InChI is InChI=1S/C5H8N2.C4H5NO.2C2H6/c1-4-3-6-5(2)7-4;1-4-5-2-3-6-4;2*1-2/h3H,1-2H3,(H,6,7);2-3H,1H3;2*1-2H3. The van der Waals surface area contributed by atoms with Crippen LogP contribution >= 0.6 is 0 Å². The fourth-order valence-electron chi connectivity index (χ4n) is 0.838. The molecule has 0 saturated heterocycles. The number of nitrogens with one attached hydrogen (secondary N) is 1. The van der Waals surface area contributed by atoms with Crippen molar-refractivity contribution in [2.45, 2.75) is 48.5 Å². The van der Waals surface area contributed by atoms with E-state index in [1.54, 1.807) is 19.4 Å². The van der Waals surface area contributed by atoms with Gasteiger partial charge in [0.05, 0.1) is 6.20 Å². The minimum absolute atomic E-state index is 0.718. The molecule has 0 amide bonds. The molecule has 2 aromatic heterocycles. The highest BCUT2D eigenvalue weighted by Gasteiger charge is 1.83. The molecule has 2 heterocycles. The van der Waals surface area contributed by atoms with E-state index in [2.05, 4.69) is 15.0 Å². The molecule has 0 saturated carbocycles. The summed E-state index contributed by atoms with van der Waals surface area (Å²) in [7, 11) is 0. The van der Waals surface area contributed by atoms with E-state index in [1.165, 1.54) is 0 Å². The lowest BCUT2D eigenvalue weighted by molar-refractivity contribution is 0.521. The summed E-state index contributed by atoms with van der Waals surface area (Å²) in [5, 5.41) is 0. The van der Waals surface area contributed by atoms with Crippen molar-refractivity contribution in [3.05, 3.63) is 36.1 Å². The van der Waals surface area contributed by atoms with E-state index in [0.29, 0.717) is 0 Å². The first kappa shape index (κ1) is 17.8. The molecule has 98 valence electrons. The SMILES string of the molecule is CC.CC.Cc1cnc(C)[nH]1.Cc1ncco1. The summed E-state index contributed by atoms with van der Waals surface area (Å²) in [6.07, 6.45) is 4.99. The van der Waals surface area contributed by atoms with E-state index in [9.17, 15) is 0 Å². The maximum atomic E-state index is 4.72. The number of H-pyrrole nitrogens is 1. The van der Waals surface area contributed by atoms with Crippen LogP contribution in [0.5, 0.6) is 0 Å². The summed E-state index contributed by atoms with van der Waals surface area (Å²) in [4.78, 5) is 10.7. The highest BCUT2D eigenvalue weighted by atomic mass is 16.3. The van der Waals surface area contributed by atoms with Crippen LogP contribution in [0.25, 0.3) is 0 Å². The van der Waals surface area contributed by atoms with Gasteiger partial charge in [-0.25, -0.2) is 9.97 Å². The van der Waals surface area contributed by atoms with Gasteiger partial charge in [-0.3, -0.25) is 0 Å². The lowest BCUT2D eigenvalue weighted by atomic mass is 10.6. The van der Waals surface area contributed by atoms with E-state index < -0.39 is 0 Å². The molecule has 4 heteroatoms. The van der Waals surface area contributed by atoms with Crippen molar-refractivity contribution < 1.29 is 4.42 Å². The average molecular weight is 239 g/mol. The first-order valence-corrected chi connectivity index (χ1v) is 6.03. The van der Waals surface area contributed by atoms with Crippen LogP contribution < -0.4 is 0 Å². The molecule has 0 radical (unpaired) electrons. The van der Waals surface area contributed by atoms with Crippen LogP contribution in [0.2, 0.25) is 0 Å². The van der Waals surface area contributed by atoms with Gasteiger partial charge in [-0.15, -0.1) is 0 Å². The van der Waals surface area contributed by atoms with Crippen LogP contribution in [-0.2, 0) is 0 Å². The fraction of sp³-hybridized carbons (Fsp3) is 0.538. The summed E-state index contributed by atoms with van der Waals surface area (Å²) in [6, 6.07) is 0. The van der Waals surface area contributed by atoms with Crippen molar-refractivity contribution in [2.24, 2.45) is 0 Å². The second kappa shape index (κ2) is 12.5. The van der Waals surface area contributed by atoms with Gasteiger partial charge in [-0.2, -0.15) is 0 Å². The predicted molar refractivity (Wildman–Crippen MR) is 72.0 cm³/mol. The quantitative estimate of drug-likeness (QED) is 0.754. The van der Waals surface area contributed by atoms with Crippen molar-refractivity contribution in [2.75, 3.05) is 0 Å². The molecular weight excluding hydrogens is 214 g/mol. The molecular formula is C13H25N3O. The van der Waals surface area contributed by atoms with Gasteiger partial charge in [0.25, 0.3) is 0 Å². The molecule has 0 unspecified atom stereocenters. The second-order valence-corrected chi connectivity index (χ2v) is 2.70. The first-order chi connectivity index (χ1) is 8.18. The van der Waals surface area contributed by atoms with Crippen LogP contribution in [0.15, 0.2) is 23.1 Å². The van der Waals surface area contributed by atoms with E-state index in [0.717, 1.165) is 17.4 Å². The monoisotopic (exact) mass is 239 g/mol. The van der Waals surface area contributed by atoms with Gasteiger partial charge in [0.15, 0.2) is 5.89 Å². The van der Waals surface area contributed by atoms with Crippen LogP contribution in [0, 0.1) is 20.8 Å². The van der Waals surface area contributed by atoms with Crippen molar-refractivity contribution >= 4 is 0 Å². The molecule has 0 spiro atoms. The van der Waals surface area contributed by atoms with Gasteiger partial charge in [0, 0.05) is 18.8 Å². The van der Waals surface area contributed by atoms with Crippen LogP contribution in [0.3, 0.4) is 0 Å². The van der Waals surface area contributed by atoms with Gasteiger partial charge >= 0.3 is 0 Å². The number of aryl methyl sites for hydroxylation is 3. The summed E-state index contributed by atoms with van der Waals surface area (Å²) in [6.45, 7) is 13.7. The smallest absolute Gasteiger partial charge is 0.190 e. The number of aromatic nitrogens is 3. The van der Waals surface area contributed by atoms with Crippen molar-refractivity contribution in [3.63, 3.8) is 0 Å². The zero-order valence-electron chi connectivity index (χ0n) is 12.0. The van der Waals surface area contributed by atoms with E-state index in [4.69, 9.17) is 4.42 Å². The summed E-state index contributed by atoms with van der Waals surface area (Å²) < 4.78 is 4.72. The third kappa shape index (κ3) is 10.7. The third-order valence-corrected chi connectivity index (χ3v) is 1.39. The molecule has 0 aliphatic carbocycles. The topological polar surface area (TPSA) is 54.7 Å². The van der Waals surface area contributed by atoms with E-state index >= 15 is 0 Å². The van der Waals surface area contributed by atoms with Crippen LogP contribution in [-0.4, -0.2) is 15.0 Å². The normalized spacial score (nSPS) is 7.71. The highest BCUT2D eigenvalue weighted by molar-refractivity contribution is 4.95. The Morgan fingerprint density at radius 2 is 1.59 bits per heavy atom. The van der Waals surface area contributed by atoms with Gasteiger partial charge in [-0.1, -0.05) is 27.7 Å². The Morgan fingerprint density at radius 1 is 1.00 bits per heavy atom. The highest BCUT2D eigenvalue weighted by Crippen LogP contribution is 1.89. The van der Waals surface area contributed by atoms with E-state index in [1.807, 2.05) is 47.7 Å². The third-order valence-electron chi connectivity index (χ3n) is 1.39. The van der Waals surface area contributed by atoms with Crippen LogP contribution in [0.4, 0.5) is 0 Å². The number of aromatic amines is 1. The lowest BCUT2D eigenvalue weighted by Crippen LogP contribution is -1.70. The largest absolute Gasteiger partial charge is 0.449 e. The van der Waals surface area contributed by atoms with Gasteiger partial charge in [0.1, 0.15) is 12.1 Å². The number of imidazole rings is 1. The van der Waals surface area contributed by atoms with Crippen LogP contribution in [0.1, 0.15) is 45.1 Å². The number of oxazole rings is 1. The van der Waals surface area contributed by atoms with Crippen molar-refractivity contribution in [1.29, 1.82) is 0 Å². The number of hydrogen-bond acceptors (Lipinski definition) is 3. The molecule has 0 aromatic carbocycles. The molecule has 2 aromatic rings. The molecule has 17 heavy (non-hydrogen) atoms. The molecule has 2 rings (SSSR count). The number of nitrogens with zero attached hydrogens (tertiary/aromatic N) is 2. The Hall–Kier alpha value is -1.58. The maximum Gasteiger partial charge on any atom is 0.190 e. The summed E-state index contributed by atoms with van der Waals surface area (Å²) in [5.74, 6) is 1.70. The minimum Gasteiger partial charge on any atom is -0.449 e. The molecule has 0 bridgehead atoms. The van der Waals surface area contributed by atoms with E-state index in [-0.39, 0.29) is 0 Å². The first-order valence-electron chi connectivity index (χ1n) is 6.03. The Kier molecular flexibility index (Phi) is 13.1. The zero-order valence-corrected chi connectivity index (χ0v) is 12.0. The Morgan fingerprint density at radius 3 is 1.71 bits per heavy atom. The Bertz CT molecular complexity index is 323. The second-order valence-electron chi connectivity index (χ2n) is 2.70. The molecule has 0 fully saturated rings. The van der Waals surface area contributed by atoms with Crippen molar-refractivity contribution in [3.8, 4) is 0 Å². The molecule has 0 aliphatic heterocycles.